The number of H-pyrrole nitrogens is 1. The summed E-state index contributed by atoms with van der Waals surface area (Å²) < 4.78 is 10.8. The van der Waals surface area contributed by atoms with E-state index < -0.39 is 12.1 Å². The quantitative estimate of drug-likeness (QED) is 0.237. The number of aryl methyl sites for hydroxylation is 1. The third kappa shape index (κ3) is 4.49. The molecule has 5 aromatic rings. The van der Waals surface area contributed by atoms with Crippen LogP contribution in [-0.4, -0.2) is 42.0 Å². The first-order valence-corrected chi connectivity index (χ1v) is 13.5. The van der Waals surface area contributed by atoms with Crippen LogP contribution in [0.25, 0.3) is 22.2 Å². The first-order valence-electron chi connectivity index (χ1n) is 13.5. The topological polar surface area (TPSA) is 83.7 Å². The monoisotopic (exact) mass is 545 g/mol. The molecule has 0 bridgehead atoms. The highest BCUT2D eigenvalue weighted by Crippen LogP contribution is 2.46. The number of ether oxygens (including phenoxy) is 2. The molecule has 1 aromatic heterocycles. The molecule has 4 aromatic carbocycles. The number of hydrogen-bond acceptors (Lipinski definition) is 4. The zero-order chi connectivity index (χ0) is 28.7. The second-order valence-corrected chi connectivity index (χ2v) is 10.3. The van der Waals surface area contributed by atoms with Crippen LogP contribution in [-0.2, 0) is 4.79 Å². The van der Waals surface area contributed by atoms with E-state index in [1.807, 2.05) is 42.5 Å². The Bertz CT molecular complexity index is 1770. The van der Waals surface area contributed by atoms with Gasteiger partial charge in [-0.1, -0.05) is 66.2 Å². The molecule has 1 aliphatic rings. The number of amides is 2. The molecular weight excluding hydrogens is 514 g/mol. The molecule has 41 heavy (non-hydrogen) atoms. The van der Waals surface area contributed by atoms with Crippen molar-refractivity contribution in [2.45, 2.75) is 25.9 Å². The maximum atomic E-state index is 14.0. The van der Waals surface area contributed by atoms with E-state index in [4.69, 9.17) is 9.47 Å². The summed E-state index contributed by atoms with van der Waals surface area (Å²) in [7, 11) is 3.11. The number of benzene rings is 4. The summed E-state index contributed by atoms with van der Waals surface area (Å²) in [4.78, 5) is 33.2. The zero-order valence-electron chi connectivity index (χ0n) is 23.4. The number of rotatable bonds is 7. The molecule has 7 heteroatoms. The van der Waals surface area contributed by atoms with Crippen molar-refractivity contribution in [3.8, 4) is 22.8 Å². The van der Waals surface area contributed by atoms with Crippen LogP contribution >= 0.6 is 0 Å². The van der Waals surface area contributed by atoms with E-state index in [2.05, 4.69) is 47.6 Å². The van der Waals surface area contributed by atoms with Crippen molar-refractivity contribution >= 4 is 28.4 Å². The number of carbonyl (C=O) groups is 2. The van der Waals surface area contributed by atoms with Crippen LogP contribution in [0.5, 0.6) is 11.5 Å². The van der Waals surface area contributed by atoms with Gasteiger partial charge >= 0.3 is 0 Å². The lowest BCUT2D eigenvalue weighted by Gasteiger charge is -2.31. The maximum absolute atomic E-state index is 14.0. The highest BCUT2D eigenvalue weighted by molar-refractivity contribution is 6.06. The molecule has 2 N–H and O–H groups in total. The fourth-order valence-corrected chi connectivity index (χ4v) is 5.70. The number of nitrogens with one attached hydrogen (secondary N) is 2. The minimum absolute atomic E-state index is 0.189. The predicted octanol–water partition coefficient (Wildman–Crippen LogP) is 6.73. The molecule has 2 heterocycles. The van der Waals surface area contributed by atoms with E-state index in [9.17, 15) is 9.59 Å². The van der Waals surface area contributed by atoms with Crippen molar-refractivity contribution < 1.29 is 19.1 Å². The van der Waals surface area contributed by atoms with Crippen molar-refractivity contribution in [3.05, 3.63) is 113 Å². The Balaban J connectivity index is 1.48. The molecule has 2 amide bonds. The van der Waals surface area contributed by atoms with Crippen LogP contribution in [0.15, 0.2) is 91.0 Å². The summed E-state index contributed by atoms with van der Waals surface area (Å²) in [5.41, 5.74) is 6.95. The second-order valence-electron chi connectivity index (χ2n) is 10.3. The van der Waals surface area contributed by atoms with Crippen molar-refractivity contribution in [1.29, 1.82) is 0 Å². The Kier molecular flexibility index (Phi) is 6.71. The van der Waals surface area contributed by atoms with Crippen LogP contribution in [0.2, 0.25) is 0 Å². The molecule has 0 saturated heterocycles. The van der Waals surface area contributed by atoms with E-state index in [0.717, 1.165) is 38.9 Å². The Labute approximate surface area is 238 Å². The Hall–Kier alpha value is -5.04. The van der Waals surface area contributed by atoms with Gasteiger partial charge in [0.2, 0.25) is 5.91 Å². The predicted molar refractivity (Wildman–Crippen MR) is 161 cm³/mol. The number of anilines is 1. The summed E-state index contributed by atoms with van der Waals surface area (Å²) >= 11 is 0. The van der Waals surface area contributed by atoms with Gasteiger partial charge in [0.05, 0.1) is 31.6 Å². The third-order valence-electron chi connectivity index (χ3n) is 7.82. The fourth-order valence-electron chi connectivity index (χ4n) is 5.70. The Morgan fingerprint density at radius 1 is 0.927 bits per heavy atom. The lowest BCUT2D eigenvalue weighted by atomic mass is 9.92. The molecule has 2 atom stereocenters. The van der Waals surface area contributed by atoms with Crippen molar-refractivity contribution in [3.63, 3.8) is 0 Å². The van der Waals surface area contributed by atoms with Gasteiger partial charge in [0.25, 0.3) is 5.91 Å². The standard InChI is InChI=1S/C34H31N3O4/c1-20-13-15-22(16-14-20)31-30(26-11-7-8-12-27(26)35-31)32-24-9-5-6-10-25(24)34(39)37(32)21(2)33(38)36-28-19-23(40-3)17-18-29(28)41-4/h5-19,21,32,35H,1-4H3,(H,36,38). The van der Waals surface area contributed by atoms with Crippen LogP contribution in [0, 0.1) is 6.92 Å². The molecule has 1 aliphatic heterocycles. The van der Waals surface area contributed by atoms with Gasteiger partial charge in [0, 0.05) is 28.1 Å². The minimum Gasteiger partial charge on any atom is -0.497 e. The number of fused-ring (bicyclic) bond motifs is 2. The molecule has 0 aliphatic carbocycles. The highest BCUT2D eigenvalue weighted by atomic mass is 16.5. The van der Waals surface area contributed by atoms with Gasteiger partial charge in [0.1, 0.15) is 17.5 Å². The van der Waals surface area contributed by atoms with Crippen LogP contribution < -0.4 is 14.8 Å². The maximum Gasteiger partial charge on any atom is 0.255 e. The number of para-hydroxylation sites is 1. The molecule has 0 spiro atoms. The fraction of sp³-hybridized carbons (Fsp3) is 0.176. The van der Waals surface area contributed by atoms with Crippen molar-refractivity contribution in [1.82, 2.24) is 9.88 Å². The summed E-state index contributed by atoms with van der Waals surface area (Å²) in [6, 6.07) is 27.9. The van der Waals surface area contributed by atoms with E-state index in [1.54, 1.807) is 44.2 Å². The van der Waals surface area contributed by atoms with Gasteiger partial charge < -0.3 is 24.7 Å². The van der Waals surface area contributed by atoms with Gasteiger partial charge in [-0.25, -0.2) is 0 Å². The summed E-state index contributed by atoms with van der Waals surface area (Å²) in [5.74, 6) is 0.556. The smallest absolute Gasteiger partial charge is 0.255 e. The normalized spacial score (nSPS) is 15.1. The Morgan fingerprint density at radius 3 is 2.41 bits per heavy atom. The molecule has 6 rings (SSSR count). The van der Waals surface area contributed by atoms with Gasteiger partial charge in [0.15, 0.2) is 0 Å². The average Bonchev–Trinajstić information content (AvgIpc) is 3.52. The number of carbonyl (C=O) groups excluding carboxylic acids is 2. The summed E-state index contributed by atoms with van der Waals surface area (Å²) in [6.07, 6.45) is 0. The molecule has 0 radical (unpaired) electrons. The van der Waals surface area contributed by atoms with Gasteiger partial charge in [-0.2, -0.15) is 0 Å². The van der Waals surface area contributed by atoms with Crippen LogP contribution in [0.3, 0.4) is 0 Å². The molecule has 0 fully saturated rings. The summed E-state index contributed by atoms with van der Waals surface area (Å²) in [5, 5.41) is 3.97. The molecular formula is C34H31N3O4. The molecule has 2 unspecified atom stereocenters. The first kappa shape index (κ1) is 26.2. The lowest BCUT2D eigenvalue weighted by molar-refractivity contribution is -0.120. The highest BCUT2D eigenvalue weighted by Gasteiger charge is 2.44. The Morgan fingerprint density at radius 2 is 1.66 bits per heavy atom. The van der Waals surface area contributed by atoms with Crippen LogP contribution in [0.1, 0.15) is 40.0 Å². The molecule has 7 nitrogen and oxygen atoms in total. The van der Waals surface area contributed by atoms with E-state index in [-0.39, 0.29) is 11.8 Å². The van der Waals surface area contributed by atoms with Gasteiger partial charge in [-0.15, -0.1) is 0 Å². The SMILES string of the molecule is COc1ccc(OC)c(NC(=O)C(C)N2C(=O)c3ccccc3C2c2c(-c3ccc(C)cc3)[nH]c3ccccc23)c1. The number of nitrogens with zero attached hydrogens (tertiary/aromatic N) is 1. The largest absolute Gasteiger partial charge is 0.497 e. The number of aromatic nitrogens is 1. The number of aromatic amines is 1. The van der Waals surface area contributed by atoms with Crippen LogP contribution in [0.4, 0.5) is 5.69 Å². The van der Waals surface area contributed by atoms with Gasteiger partial charge in [-0.3, -0.25) is 9.59 Å². The number of hydrogen-bond donors (Lipinski definition) is 2. The molecule has 0 saturated carbocycles. The van der Waals surface area contributed by atoms with E-state index in [0.29, 0.717) is 22.7 Å². The van der Waals surface area contributed by atoms with E-state index in [1.165, 1.54) is 0 Å². The molecule has 206 valence electrons. The van der Waals surface area contributed by atoms with E-state index >= 15 is 0 Å². The number of methoxy groups -OCH3 is 2. The first-order chi connectivity index (χ1) is 19.9. The second kappa shape index (κ2) is 10.5. The summed E-state index contributed by atoms with van der Waals surface area (Å²) in [6.45, 7) is 3.82. The van der Waals surface area contributed by atoms with Gasteiger partial charge in [-0.05, 0) is 49.2 Å². The third-order valence-corrected chi connectivity index (χ3v) is 7.82. The zero-order valence-corrected chi connectivity index (χ0v) is 23.4. The minimum atomic E-state index is -0.810. The van der Waals surface area contributed by atoms with Crippen molar-refractivity contribution in [2.24, 2.45) is 0 Å². The average molecular weight is 546 g/mol. The lowest BCUT2D eigenvalue weighted by Crippen LogP contribution is -2.44. The van der Waals surface area contributed by atoms with Crippen molar-refractivity contribution in [2.75, 3.05) is 19.5 Å².